The van der Waals surface area contributed by atoms with Gasteiger partial charge in [-0.1, -0.05) is 6.07 Å². The summed E-state index contributed by atoms with van der Waals surface area (Å²) in [6, 6.07) is 7.21. The molecule has 0 spiro atoms. The number of benzene rings is 1. The number of carbonyl (C=O) groups excluding carboxylic acids is 2. The molecule has 0 aromatic heterocycles. The minimum Gasteiger partial charge on any atom is -0.497 e. The maximum atomic E-state index is 12.5. The summed E-state index contributed by atoms with van der Waals surface area (Å²) in [5.74, 6) is 0.542. The van der Waals surface area contributed by atoms with Crippen LogP contribution in [0.5, 0.6) is 5.75 Å². The smallest absolute Gasteiger partial charge is 0.307 e. The molecule has 1 aliphatic rings. The lowest BCUT2D eigenvalue weighted by molar-refractivity contribution is -0.143. The van der Waals surface area contributed by atoms with Crippen LogP contribution in [-0.2, 0) is 9.53 Å². The molecule has 0 unspecified atom stereocenters. The molecule has 126 valence electrons. The van der Waals surface area contributed by atoms with E-state index < -0.39 is 0 Å². The first-order valence-electron chi connectivity index (χ1n) is 7.95. The van der Waals surface area contributed by atoms with Gasteiger partial charge in [0.2, 0.25) is 0 Å². The highest BCUT2D eigenvalue weighted by atomic mass is 16.5. The van der Waals surface area contributed by atoms with Crippen LogP contribution in [0.4, 0.5) is 0 Å². The van der Waals surface area contributed by atoms with Crippen molar-refractivity contribution in [3.05, 3.63) is 29.8 Å². The average molecular weight is 320 g/mol. The zero-order valence-corrected chi connectivity index (χ0v) is 13.8. The van der Waals surface area contributed by atoms with Crippen molar-refractivity contribution >= 4 is 11.9 Å². The third-order valence-corrected chi connectivity index (χ3v) is 3.91. The highest BCUT2D eigenvalue weighted by Crippen LogP contribution is 2.15. The first-order valence-corrected chi connectivity index (χ1v) is 7.95. The van der Waals surface area contributed by atoms with Gasteiger partial charge in [0, 0.05) is 38.3 Å². The quantitative estimate of drug-likeness (QED) is 0.742. The van der Waals surface area contributed by atoms with Crippen molar-refractivity contribution in [2.24, 2.45) is 0 Å². The van der Waals surface area contributed by atoms with E-state index in [0.717, 1.165) is 13.1 Å². The van der Waals surface area contributed by atoms with Gasteiger partial charge in [0.15, 0.2) is 0 Å². The predicted octanol–water partition coefficient (Wildman–Crippen LogP) is 1.41. The first kappa shape index (κ1) is 17.3. The molecule has 0 atom stereocenters. The van der Waals surface area contributed by atoms with Crippen LogP contribution in [0.2, 0.25) is 0 Å². The SMILES string of the molecule is CCOC(=O)CCN1CCN(C(=O)c2cccc(OC)c2)CC1. The first-order chi connectivity index (χ1) is 11.1. The van der Waals surface area contributed by atoms with Crippen molar-refractivity contribution in [1.82, 2.24) is 9.80 Å². The molecule has 1 amide bonds. The molecule has 23 heavy (non-hydrogen) atoms. The van der Waals surface area contributed by atoms with Gasteiger partial charge in [-0.25, -0.2) is 0 Å². The van der Waals surface area contributed by atoms with Crippen LogP contribution in [0.15, 0.2) is 24.3 Å². The molecule has 1 aromatic rings. The lowest BCUT2D eigenvalue weighted by Crippen LogP contribution is -2.49. The van der Waals surface area contributed by atoms with Gasteiger partial charge < -0.3 is 14.4 Å². The fraction of sp³-hybridized carbons (Fsp3) is 0.529. The number of hydrogen-bond acceptors (Lipinski definition) is 5. The molecule has 1 aromatic carbocycles. The number of carbonyl (C=O) groups is 2. The largest absolute Gasteiger partial charge is 0.497 e. The molecular weight excluding hydrogens is 296 g/mol. The Bertz CT molecular complexity index is 539. The molecule has 2 rings (SSSR count). The molecule has 1 heterocycles. The van der Waals surface area contributed by atoms with Crippen LogP contribution in [0, 0.1) is 0 Å². The molecule has 6 nitrogen and oxygen atoms in total. The van der Waals surface area contributed by atoms with E-state index >= 15 is 0 Å². The second-order valence-electron chi connectivity index (χ2n) is 5.42. The van der Waals surface area contributed by atoms with E-state index in [0.29, 0.717) is 44.0 Å². The molecule has 1 aliphatic heterocycles. The van der Waals surface area contributed by atoms with Gasteiger partial charge in [0.25, 0.3) is 5.91 Å². The van der Waals surface area contributed by atoms with Gasteiger partial charge in [-0.3, -0.25) is 14.5 Å². The minimum absolute atomic E-state index is 0.0222. The molecule has 0 saturated carbocycles. The van der Waals surface area contributed by atoms with E-state index in [1.54, 1.807) is 26.2 Å². The molecule has 0 aliphatic carbocycles. The predicted molar refractivity (Wildman–Crippen MR) is 86.6 cm³/mol. The zero-order valence-electron chi connectivity index (χ0n) is 13.8. The van der Waals surface area contributed by atoms with E-state index in [-0.39, 0.29) is 11.9 Å². The Kier molecular flexibility index (Phi) is 6.40. The van der Waals surface area contributed by atoms with Crippen LogP contribution in [0.1, 0.15) is 23.7 Å². The number of esters is 1. The van der Waals surface area contributed by atoms with E-state index in [1.807, 2.05) is 17.0 Å². The van der Waals surface area contributed by atoms with E-state index in [1.165, 1.54) is 0 Å². The van der Waals surface area contributed by atoms with Crippen LogP contribution in [0.3, 0.4) is 0 Å². The number of nitrogens with zero attached hydrogens (tertiary/aromatic N) is 2. The Morgan fingerprint density at radius 1 is 1.17 bits per heavy atom. The minimum atomic E-state index is -0.164. The maximum absolute atomic E-state index is 12.5. The van der Waals surface area contributed by atoms with Crippen LogP contribution in [0.25, 0.3) is 0 Å². The van der Waals surface area contributed by atoms with Gasteiger partial charge in [-0.05, 0) is 25.1 Å². The Labute approximate surface area is 137 Å². The van der Waals surface area contributed by atoms with Gasteiger partial charge in [-0.15, -0.1) is 0 Å². The zero-order chi connectivity index (χ0) is 16.7. The molecule has 0 bridgehead atoms. The van der Waals surface area contributed by atoms with Crippen molar-refractivity contribution in [3.63, 3.8) is 0 Å². The standard InChI is InChI=1S/C17H24N2O4/c1-3-23-16(20)7-8-18-9-11-19(12-10-18)17(21)14-5-4-6-15(13-14)22-2/h4-6,13H,3,7-12H2,1-2H3. The number of methoxy groups -OCH3 is 1. The fourth-order valence-electron chi connectivity index (χ4n) is 2.60. The summed E-state index contributed by atoms with van der Waals surface area (Å²) < 4.78 is 10.1. The molecule has 6 heteroatoms. The van der Waals surface area contributed by atoms with Crippen molar-refractivity contribution < 1.29 is 19.1 Å². The number of ether oxygens (including phenoxy) is 2. The molecule has 0 N–H and O–H groups in total. The molecule has 0 radical (unpaired) electrons. The second-order valence-corrected chi connectivity index (χ2v) is 5.42. The molecular formula is C17H24N2O4. The van der Waals surface area contributed by atoms with Crippen LogP contribution >= 0.6 is 0 Å². The third kappa shape index (κ3) is 4.96. The highest BCUT2D eigenvalue weighted by Gasteiger charge is 2.22. The number of rotatable bonds is 6. The van der Waals surface area contributed by atoms with Crippen molar-refractivity contribution in [2.75, 3.05) is 46.4 Å². The van der Waals surface area contributed by atoms with E-state index in [2.05, 4.69) is 4.90 Å². The monoisotopic (exact) mass is 320 g/mol. The maximum Gasteiger partial charge on any atom is 0.307 e. The normalized spacial score (nSPS) is 15.3. The van der Waals surface area contributed by atoms with Crippen molar-refractivity contribution in [2.45, 2.75) is 13.3 Å². The third-order valence-electron chi connectivity index (χ3n) is 3.91. The Morgan fingerprint density at radius 2 is 1.91 bits per heavy atom. The second kappa shape index (κ2) is 8.53. The van der Waals surface area contributed by atoms with E-state index in [9.17, 15) is 9.59 Å². The van der Waals surface area contributed by atoms with Crippen LogP contribution in [-0.4, -0.2) is 68.1 Å². The summed E-state index contributed by atoms with van der Waals surface area (Å²) in [6.07, 6.45) is 0.400. The van der Waals surface area contributed by atoms with Gasteiger partial charge >= 0.3 is 5.97 Å². The Balaban J connectivity index is 1.81. The highest BCUT2D eigenvalue weighted by molar-refractivity contribution is 5.94. The topological polar surface area (TPSA) is 59.1 Å². The lowest BCUT2D eigenvalue weighted by Gasteiger charge is -2.34. The summed E-state index contributed by atoms with van der Waals surface area (Å²) in [5, 5.41) is 0. The Hall–Kier alpha value is -2.08. The number of piperazine rings is 1. The van der Waals surface area contributed by atoms with Gasteiger partial charge in [0.1, 0.15) is 5.75 Å². The molecule has 1 fully saturated rings. The lowest BCUT2D eigenvalue weighted by atomic mass is 10.1. The summed E-state index contributed by atoms with van der Waals surface area (Å²) in [5.41, 5.74) is 0.643. The van der Waals surface area contributed by atoms with Crippen molar-refractivity contribution in [3.8, 4) is 5.75 Å². The van der Waals surface area contributed by atoms with Crippen molar-refractivity contribution in [1.29, 1.82) is 0 Å². The summed E-state index contributed by atoms with van der Waals surface area (Å²) >= 11 is 0. The average Bonchev–Trinajstić information content (AvgIpc) is 2.60. The van der Waals surface area contributed by atoms with Gasteiger partial charge in [0.05, 0.1) is 20.1 Å². The summed E-state index contributed by atoms with van der Waals surface area (Å²) in [7, 11) is 1.59. The van der Waals surface area contributed by atoms with Gasteiger partial charge in [-0.2, -0.15) is 0 Å². The summed E-state index contributed by atoms with van der Waals surface area (Å²) in [6.45, 7) is 5.78. The number of amides is 1. The van der Waals surface area contributed by atoms with Crippen LogP contribution < -0.4 is 4.74 Å². The Morgan fingerprint density at radius 3 is 2.57 bits per heavy atom. The summed E-state index contributed by atoms with van der Waals surface area (Å²) in [4.78, 5) is 27.9. The fourth-order valence-corrected chi connectivity index (χ4v) is 2.60. The van der Waals surface area contributed by atoms with E-state index in [4.69, 9.17) is 9.47 Å². The molecule has 1 saturated heterocycles. The number of hydrogen-bond donors (Lipinski definition) is 0.